The SMILES string of the molecule is CC(C)(C)[SH](Cl)C(C)(C)C. The summed E-state index contributed by atoms with van der Waals surface area (Å²) in [7, 11) is 5.91. The maximum Gasteiger partial charge on any atom is 0.00211 e. The first-order valence-electron chi connectivity index (χ1n) is 3.62. The molecule has 0 spiro atoms. The minimum absolute atomic E-state index is 0.273. The topological polar surface area (TPSA) is 0 Å². The van der Waals surface area contributed by atoms with E-state index in [2.05, 4.69) is 41.5 Å². The predicted molar refractivity (Wildman–Crippen MR) is 54.3 cm³/mol. The average molecular weight is 183 g/mol. The largest absolute Gasteiger partial charge is 0.165 e. The lowest BCUT2D eigenvalue weighted by Gasteiger charge is -2.39. The van der Waals surface area contributed by atoms with Gasteiger partial charge in [-0.05, 0) is 0 Å². The lowest BCUT2D eigenvalue weighted by molar-refractivity contribution is 0.736. The molecule has 0 amide bonds. The lowest BCUT2D eigenvalue weighted by atomic mass is 10.2. The number of halogens is 1. The molecule has 0 fully saturated rings. The average Bonchev–Trinajstić information content (AvgIpc) is 1.59. The highest BCUT2D eigenvalue weighted by Crippen LogP contribution is 2.54. The van der Waals surface area contributed by atoms with Crippen molar-refractivity contribution < 1.29 is 0 Å². The molecule has 0 saturated carbocycles. The Morgan fingerprint density at radius 1 is 0.800 bits per heavy atom. The van der Waals surface area contributed by atoms with E-state index >= 15 is 0 Å². The van der Waals surface area contributed by atoms with Gasteiger partial charge >= 0.3 is 0 Å². The molecule has 0 radical (unpaired) electrons. The molecule has 2 heteroatoms. The summed E-state index contributed by atoms with van der Waals surface area (Å²) in [5.74, 6) is 0. The Balaban J connectivity index is 4.23. The van der Waals surface area contributed by atoms with Gasteiger partial charge in [0.05, 0.1) is 0 Å². The van der Waals surface area contributed by atoms with Gasteiger partial charge in [-0.1, -0.05) is 52.2 Å². The van der Waals surface area contributed by atoms with E-state index in [1.807, 2.05) is 0 Å². The highest BCUT2D eigenvalue weighted by Gasteiger charge is 2.28. The van der Waals surface area contributed by atoms with Crippen LogP contribution in [0.25, 0.3) is 0 Å². The van der Waals surface area contributed by atoms with Crippen LogP contribution in [-0.4, -0.2) is 9.49 Å². The van der Waals surface area contributed by atoms with E-state index in [-0.39, 0.29) is 9.49 Å². The summed E-state index contributed by atoms with van der Waals surface area (Å²) in [6, 6.07) is 0. The Morgan fingerprint density at radius 2 is 1.00 bits per heavy atom. The third-order valence-electron chi connectivity index (χ3n) is 1.18. The van der Waals surface area contributed by atoms with Gasteiger partial charge in [0.15, 0.2) is 0 Å². The van der Waals surface area contributed by atoms with Crippen molar-refractivity contribution in [3.05, 3.63) is 0 Å². The van der Waals surface area contributed by atoms with E-state index in [9.17, 15) is 0 Å². The zero-order valence-corrected chi connectivity index (χ0v) is 9.48. The van der Waals surface area contributed by atoms with Gasteiger partial charge < -0.3 is 0 Å². The van der Waals surface area contributed by atoms with Gasteiger partial charge in [-0.3, -0.25) is 0 Å². The standard InChI is InChI=1S/C8H19ClS/c1-7(2,3)10(9)8(4,5)6/h10H,1-6H3. The molecule has 0 aromatic rings. The molecule has 0 aromatic carbocycles. The number of hydrogen-bond acceptors (Lipinski definition) is 0. The number of rotatable bonds is 0. The highest BCUT2D eigenvalue weighted by molar-refractivity contribution is 8.38. The molecule has 10 heavy (non-hydrogen) atoms. The lowest BCUT2D eigenvalue weighted by Crippen LogP contribution is -2.24. The molecule has 0 aromatic heterocycles. The first kappa shape index (κ1) is 10.6. The third kappa shape index (κ3) is 3.16. The summed E-state index contributed by atoms with van der Waals surface area (Å²) in [6.45, 7) is 13.2. The third-order valence-corrected chi connectivity index (χ3v) is 6.58. The molecule has 0 unspecified atom stereocenters. The van der Waals surface area contributed by atoms with Crippen LogP contribution in [-0.2, 0) is 0 Å². The van der Waals surface area contributed by atoms with E-state index in [0.29, 0.717) is 0 Å². The Hall–Kier alpha value is 0.640. The second kappa shape index (κ2) is 2.94. The van der Waals surface area contributed by atoms with Gasteiger partial charge in [-0.25, -0.2) is 0 Å². The summed E-state index contributed by atoms with van der Waals surface area (Å²) in [5, 5.41) is 0. The van der Waals surface area contributed by atoms with E-state index in [1.165, 1.54) is 0 Å². The molecular formula is C8H19ClS. The molecular weight excluding hydrogens is 164 g/mol. The smallest absolute Gasteiger partial charge is 0.00211 e. The Labute approximate surface area is 72.2 Å². The molecule has 64 valence electrons. The minimum Gasteiger partial charge on any atom is -0.165 e. The quantitative estimate of drug-likeness (QED) is 0.543. The predicted octanol–water partition coefficient (Wildman–Crippen LogP) is 3.74. The highest BCUT2D eigenvalue weighted by atomic mass is 35.7. The van der Waals surface area contributed by atoms with Crippen molar-refractivity contribution in [3.63, 3.8) is 0 Å². The zero-order valence-electron chi connectivity index (χ0n) is 7.83. The van der Waals surface area contributed by atoms with Crippen molar-refractivity contribution in [2.75, 3.05) is 0 Å². The molecule has 0 atom stereocenters. The molecule has 0 aliphatic heterocycles. The van der Waals surface area contributed by atoms with Crippen LogP contribution in [0.5, 0.6) is 0 Å². The summed E-state index contributed by atoms with van der Waals surface area (Å²) in [6.07, 6.45) is 0. The van der Waals surface area contributed by atoms with Crippen LogP contribution in [0.2, 0.25) is 0 Å². The zero-order chi connectivity index (χ0) is 8.58. The van der Waals surface area contributed by atoms with Crippen LogP contribution in [0.3, 0.4) is 0 Å². The maximum atomic E-state index is 6.30. The van der Waals surface area contributed by atoms with Crippen molar-refractivity contribution in [1.29, 1.82) is 0 Å². The van der Waals surface area contributed by atoms with Gasteiger partial charge in [0, 0.05) is 9.49 Å². The molecule has 0 saturated heterocycles. The first-order chi connectivity index (χ1) is 4.15. The molecule has 0 aliphatic carbocycles. The summed E-state index contributed by atoms with van der Waals surface area (Å²) < 4.78 is 0.546. The van der Waals surface area contributed by atoms with Crippen molar-refractivity contribution >= 4 is 20.8 Å². The molecule has 0 heterocycles. The van der Waals surface area contributed by atoms with Gasteiger partial charge in [0.25, 0.3) is 0 Å². The van der Waals surface area contributed by atoms with Gasteiger partial charge in [0.2, 0.25) is 0 Å². The van der Waals surface area contributed by atoms with Crippen LogP contribution in [0.1, 0.15) is 41.5 Å². The fraction of sp³-hybridized carbons (Fsp3) is 1.00. The molecule has 0 nitrogen and oxygen atoms in total. The van der Waals surface area contributed by atoms with Crippen LogP contribution >= 0.6 is 20.8 Å². The molecule has 0 N–H and O–H groups in total. The second-order valence-corrected chi connectivity index (χ2v) is 8.88. The molecule has 0 rings (SSSR count). The monoisotopic (exact) mass is 182 g/mol. The first-order valence-corrected chi connectivity index (χ1v) is 5.86. The van der Waals surface area contributed by atoms with E-state index in [1.54, 1.807) is 0 Å². The summed E-state index contributed by atoms with van der Waals surface area (Å²) >= 11 is 0. The van der Waals surface area contributed by atoms with Crippen molar-refractivity contribution in [3.8, 4) is 0 Å². The Morgan fingerprint density at radius 3 is 1.00 bits per heavy atom. The maximum absolute atomic E-state index is 6.30. The van der Waals surface area contributed by atoms with E-state index in [4.69, 9.17) is 10.7 Å². The number of thiol groups is 1. The molecule has 0 aliphatic rings. The fourth-order valence-electron chi connectivity index (χ4n) is 1.01. The van der Waals surface area contributed by atoms with Crippen molar-refractivity contribution in [1.82, 2.24) is 0 Å². The summed E-state index contributed by atoms with van der Waals surface area (Å²) in [4.78, 5) is 0. The normalized spacial score (nSPS) is 15.3. The van der Waals surface area contributed by atoms with Crippen LogP contribution < -0.4 is 0 Å². The molecule has 0 bridgehead atoms. The Kier molecular flexibility index (Phi) is 3.13. The summed E-state index contributed by atoms with van der Waals surface area (Å²) in [5.41, 5.74) is 0. The number of hydrogen-bond donors (Lipinski definition) is 1. The van der Waals surface area contributed by atoms with Crippen LogP contribution in [0.4, 0.5) is 0 Å². The fourth-order valence-corrected chi connectivity index (χ4v) is 3.02. The van der Waals surface area contributed by atoms with Gasteiger partial charge in [-0.2, -0.15) is 10.1 Å². The van der Waals surface area contributed by atoms with Crippen molar-refractivity contribution in [2.45, 2.75) is 51.0 Å². The van der Waals surface area contributed by atoms with Crippen molar-refractivity contribution in [2.24, 2.45) is 0 Å². The van der Waals surface area contributed by atoms with Gasteiger partial charge in [-0.15, -0.1) is 0 Å². The Bertz CT molecular complexity index is 93.4. The minimum atomic E-state index is -0.390. The van der Waals surface area contributed by atoms with Crippen LogP contribution in [0, 0.1) is 0 Å². The van der Waals surface area contributed by atoms with E-state index in [0.717, 1.165) is 0 Å². The second-order valence-electron chi connectivity index (χ2n) is 4.62. The van der Waals surface area contributed by atoms with E-state index < -0.39 is 10.1 Å². The van der Waals surface area contributed by atoms with Crippen LogP contribution in [0.15, 0.2) is 0 Å². The van der Waals surface area contributed by atoms with Gasteiger partial charge in [0.1, 0.15) is 0 Å².